The van der Waals surface area contributed by atoms with Crippen molar-refractivity contribution in [3.63, 3.8) is 0 Å². The largest absolute Gasteiger partial charge is 0.491 e. The molecule has 0 spiro atoms. The molecule has 2 aliphatic heterocycles. The molecule has 1 fully saturated rings. The number of carbonyl (C=O) groups is 1. The zero-order valence-electron chi connectivity index (χ0n) is 21.5. The summed E-state index contributed by atoms with van der Waals surface area (Å²) in [7, 11) is 0. The SMILES string of the molecule is C1CCOC1.NC1CCc2ccc(-c3cnc4n[nH]c(-c5ccc6c(c5)OCCNC6=O)c4c3)cc2CC1. The van der Waals surface area contributed by atoms with Gasteiger partial charge in [-0.25, -0.2) is 4.98 Å². The molecular formula is C30H33N5O3. The molecule has 7 rings (SSSR count). The smallest absolute Gasteiger partial charge is 0.255 e. The highest BCUT2D eigenvalue weighted by atomic mass is 16.5. The molecule has 1 saturated heterocycles. The van der Waals surface area contributed by atoms with Crippen LogP contribution in [0.5, 0.6) is 5.75 Å². The van der Waals surface area contributed by atoms with Gasteiger partial charge in [0.25, 0.3) is 5.91 Å². The molecule has 38 heavy (non-hydrogen) atoms. The van der Waals surface area contributed by atoms with Crippen LogP contribution in [0.4, 0.5) is 0 Å². The number of nitrogens with zero attached hydrogens (tertiary/aromatic N) is 2. The zero-order valence-corrected chi connectivity index (χ0v) is 21.5. The predicted octanol–water partition coefficient (Wildman–Crippen LogP) is 4.42. The number of carbonyl (C=O) groups excluding carboxylic acids is 1. The first kappa shape index (κ1) is 24.6. The first-order chi connectivity index (χ1) is 18.7. The van der Waals surface area contributed by atoms with Gasteiger partial charge in [-0.05, 0) is 73.4 Å². The van der Waals surface area contributed by atoms with Crippen LogP contribution in [-0.4, -0.2) is 53.5 Å². The van der Waals surface area contributed by atoms with Gasteiger partial charge in [-0.2, -0.15) is 5.10 Å². The molecule has 4 aromatic rings. The monoisotopic (exact) mass is 511 g/mol. The Hall–Kier alpha value is -3.75. The van der Waals surface area contributed by atoms with Gasteiger partial charge >= 0.3 is 0 Å². The number of nitrogens with two attached hydrogens (primary N) is 1. The Balaban J connectivity index is 0.000000476. The highest BCUT2D eigenvalue weighted by Gasteiger charge is 2.19. The second kappa shape index (κ2) is 10.9. The summed E-state index contributed by atoms with van der Waals surface area (Å²) in [4.78, 5) is 16.8. The fourth-order valence-electron chi connectivity index (χ4n) is 5.30. The molecule has 4 heterocycles. The highest BCUT2D eigenvalue weighted by molar-refractivity contribution is 5.99. The van der Waals surface area contributed by atoms with Crippen molar-refractivity contribution >= 4 is 16.9 Å². The molecule has 1 atom stereocenters. The first-order valence-electron chi connectivity index (χ1n) is 13.5. The van der Waals surface area contributed by atoms with Crippen molar-refractivity contribution in [1.82, 2.24) is 20.5 Å². The van der Waals surface area contributed by atoms with Crippen LogP contribution in [0.25, 0.3) is 33.4 Å². The van der Waals surface area contributed by atoms with E-state index in [-0.39, 0.29) is 11.9 Å². The summed E-state index contributed by atoms with van der Waals surface area (Å²) < 4.78 is 10.7. The van der Waals surface area contributed by atoms with E-state index in [1.54, 1.807) is 6.07 Å². The van der Waals surface area contributed by atoms with Gasteiger partial charge in [0.15, 0.2) is 5.65 Å². The lowest BCUT2D eigenvalue weighted by Gasteiger charge is -2.10. The molecule has 0 bridgehead atoms. The molecule has 2 aromatic carbocycles. The number of aromatic amines is 1. The van der Waals surface area contributed by atoms with E-state index >= 15 is 0 Å². The summed E-state index contributed by atoms with van der Waals surface area (Å²) in [6.45, 7) is 2.94. The standard InChI is InChI=1S/C26H25N5O2.C4H8O/c27-20-6-3-15-1-2-17(11-16(15)4-7-20)19-12-22-24(30-31-25(22)29-14-19)18-5-8-21-23(13-18)33-10-9-28-26(21)32;1-2-4-5-3-1/h1-2,5,8,11-14,20H,3-4,6-7,9-10,27H2,(H,28,32)(H,29,30,31);1-4H2. The minimum Gasteiger partial charge on any atom is -0.491 e. The number of aromatic nitrogens is 3. The van der Waals surface area contributed by atoms with Crippen molar-refractivity contribution < 1.29 is 14.3 Å². The molecule has 2 aromatic heterocycles. The molecule has 3 aliphatic rings. The Kier molecular flexibility index (Phi) is 7.07. The number of pyridine rings is 1. The predicted molar refractivity (Wildman–Crippen MR) is 147 cm³/mol. The molecule has 8 nitrogen and oxygen atoms in total. The number of rotatable bonds is 2. The molecule has 196 valence electrons. The van der Waals surface area contributed by atoms with Gasteiger partial charge < -0.3 is 20.5 Å². The Bertz CT molecular complexity index is 1450. The maximum Gasteiger partial charge on any atom is 0.255 e. The maximum absolute atomic E-state index is 12.2. The van der Waals surface area contributed by atoms with Crippen LogP contribution in [0.1, 0.15) is 47.2 Å². The van der Waals surface area contributed by atoms with E-state index < -0.39 is 0 Å². The average molecular weight is 512 g/mol. The summed E-state index contributed by atoms with van der Waals surface area (Å²) >= 11 is 0. The van der Waals surface area contributed by atoms with E-state index in [1.807, 2.05) is 18.3 Å². The number of nitrogens with one attached hydrogen (secondary N) is 2. The minimum atomic E-state index is -0.114. The number of amides is 1. The highest BCUT2D eigenvalue weighted by Crippen LogP contribution is 2.34. The summed E-state index contributed by atoms with van der Waals surface area (Å²) in [5.74, 6) is 0.468. The van der Waals surface area contributed by atoms with E-state index in [9.17, 15) is 4.79 Å². The van der Waals surface area contributed by atoms with Gasteiger partial charge in [0.05, 0.1) is 17.8 Å². The summed E-state index contributed by atoms with van der Waals surface area (Å²) in [6.07, 6.45) is 8.56. The van der Waals surface area contributed by atoms with Crippen LogP contribution in [-0.2, 0) is 17.6 Å². The summed E-state index contributed by atoms with van der Waals surface area (Å²) in [5.41, 5.74) is 14.1. The van der Waals surface area contributed by atoms with Crippen molar-refractivity contribution in [2.45, 2.75) is 44.6 Å². The normalized spacial score (nSPS) is 18.8. The number of H-pyrrole nitrogens is 1. The summed E-state index contributed by atoms with van der Waals surface area (Å²) in [5, 5.41) is 11.3. The Morgan fingerprint density at radius 3 is 2.53 bits per heavy atom. The molecule has 1 aliphatic carbocycles. The van der Waals surface area contributed by atoms with Crippen molar-refractivity contribution in [2.75, 3.05) is 26.4 Å². The lowest BCUT2D eigenvalue weighted by Crippen LogP contribution is -2.24. The molecular weight excluding hydrogens is 478 g/mol. The number of benzene rings is 2. The van der Waals surface area contributed by atoms with Gasteiger partial charge in [0.1, 0.15) is 12.4 Å². The molecule has 0 saturated carbocycles. The second-order valence-corrected chi connectivity index (χ2v) is 10.1. The first-order valence-corrected chi connectivity index (χ1v) is 13.5. The van der Waals surface area contributed by atoms with Gasteiger partial charge in [-0.3, -0.25) is 9.89 Å². The number of ether oxygens (including phenoxy) is 2. The third kappa shape index (κ3) is 5.14. The van der Waals surface area contributed by atoms with E-state index in [0.29, 0.717) is 30.1 Å². The van der Waals surface area contributed by atoms with Crippen molar-refractivity contribution in [2.24, 2.45) is 5.73 Å². The molecule has 8 heteroatoms. The molecule has 1 amide bonds. The molecule has 4 N–H and O–H groups in total. The fraction of sp³-hybridized carbons (Fsp3) is 0.367. The van der Waals surface area contributed by atoms with Gasteiger partial charge in [-0.15, -0.1) is 0 Å². The van der Waals surface area contributed by atoms with Crippen LogP contribution in [0.15, 0.2) is 48.7 Å². The van der Waals surface area contributed by atoms with Crippen molar-refractivity contribution in [3.8, 4) is 28.1 Å². The fourth-order valence-corrected chi connectivity index (χ4v) is 5.30. The maximum atomic E-state index is 12.2. The average Bonchev–Trinajstić information content (AvgIpc) is 3.59. The van der Waals surface area contributed by atoms with Crippen LogP contribution in [0, 0.1) is 0 Å². The van der Waals surface area contributed by atoms with E-state index in [2.05, 4.69) is 44.8 Å². The van der Waals surface area contributed by atoms with Crippen LogP contribution in [0.3, 0.4) is 0 Å². The van der Waals surface area contributed by atoms with E-state index in [0.717, 1.165) is 66.7 Å². The van der Waals surface area contributed by atoms with Crippen LogP contribution in [0.2, 0.25) is 0 Å². The summed E-state index contributed by atoms with van der Waals surface area (Å²) in [6, 6.07) is 14.7. The zero-order chi connectivity index (χ0) is 25.9. The quantitative estimate of drug-likeness (QED) is 0.343. The van der Waals surface area contributed by atoms with Gasteiger partial charge in [0.2, 0.25) is 0 Å². The Labute approximate surface area is 221 Å². The van der Waals surface area contributed by atoms with E-state index in [1.165, 1.54) is 24.0 Å². The van der Waals surface area contributed by atoms with Gasteiger partial charge in [0, 0.05) is 42.0 Å². The lowest BCUT2D eigenvalue weighted by molar-refractivity contribution is 0.0957. The van der Waals surface area contributed by atoms with Crippen molar-refractivity contribution in [1.29, 1.82) is 0 Å². The molecule has 1 unspecified atom stereocenters. The molecule has 0 radical (unpaired) electrons. The third-order valence-electron chi connectivity index (χ3n) is 7.51. The number of fused-ring (bicyclic) bond motifs is 3. The van der Waals surface area contributed by atoms with E-state index in [4.69, 9.17) is 15.2 Å². The minimum absolute atomic E-state index is 0.114. The third-order valence-corrected chi connectivity index (χ3v) is 7.51. The number of aryl methyl sites for hydroxylation is 2. The topological polar surface area (TPSA) is 115 Å². The van der Waals surface area contributed by atoms with Crippen molar-refractivity contribution in [3.05, 3.63) is 65.4 Å². The number of hydrogen-bond acceptors (Lipinski definition) is 6. The Morgan fingerprint density at radius 1 is 0.895 bits per heavy atom. The second-order valence-electron chi connectivity index (χ2n) is 10.1. The Morgan fingerprint density at radius 2 is 1.71 bits per heavy atom. The van der Waals surface area contributed by atoms with Crippen LogP contribution >= 0.6 is 0 Å². The lowest BCUT2D eigenvalue weighted by atomic mass is 9.96. The van der Waals surface area contributed by atoms with Gasteiger partial charge in [-0.1, -0.05) is 24.3 Å². The van der Waals surface area contributed by atoms with Crippen LogP contribution < -0.4 is 15.8 Å². The number of hydrogen-bond donors (Lipinski definition) is 3.